The van der Waals surface area contributed by atoms with Crippen LogP contribution in [0.25, 0.3) is 28.1 Å². The predicted octanol–water partition coefficient (Wildman–Crippen LogP) is 3.49. The van der Waals surface area contributed by atoms with Crippen LogP contribution in [0.3, 0.4) is 0 Å². The monoisotopic (exact) mass is 330 g/mol. The van der Waals surface area contributed by atoms with Crippen molar-refractivity contribution < 1.29 is 9.90 Å². The molecule has 2 aromatic heterocycles. The highest BCUT2D eigenvalue weighted by molar-refractivity contribution is 5.99. The predicted molar refractivity (Wildman–Crippen MR) is 93.8 cm³/mol. The minimum Gasteiger partial charge on any atom is -0.478 e. The Bertz CT molecular complexity index is 1100. The van der Waals surface area contributed by atoms with Gasteiger partial charge >= 0.3 is 5.97 Å². The van der Waals surface area contributed by atoms with Gasteiger partial charge in [-0.3, -0.25) is 4.57 Å². The van der Waals surface area contributed by atoms with E-state index in [1.807, 2.05) is 41.0 Å². The second-order valence-electron chi connectivity index (χ2n) is 5.64. The quantitative estimate of drug-likeness (QED) is 0.622. The number of carboxylic acids is 1. The van der Waals surface area contributed by atoms with Gasteiger partial charge in [0.1, 0.15) is 6.33 Å². The third-order valence-corrected chi connectivity index (χ3v) is 4.12. The van der Waals surface area contributed by atoms with E-state index in [2.05, 4.69) is 15.0 Å². The molecular weight excluding hydrogens is 316 g/mol. The van der Waals surface area contributed by atoms with Crippen LogP contribution >= 0.6 is 0 Å². The molecule has 0 aliphatic heterocycles. The van der Waals surface area contributed by atoms with Crippen LogP contribution in [-0.2, 0) is 0 Å². The molecule has 0 radical (unpaired) electrons. The van der Waals surface area contributed by atoms with Crippen LogP contribution in [0, 0.1) is 6.92 Å². The van der Waals surface area contributed by atoms with Crippen LogP contribution in [0.1, 0.15) is 15.9 Å². The number of hydrogen-bond donors (Lipinski definition) is 1. The summed E-state index contributed by atoms with van der Waals surface area (Å²) >= 11 is 0. The van der Waals surface area contributed by atoms with Crippen molar-refractivity contribution in [1.29, 1.82) is 0 Å². The largest absolute Gasteiger partial charge is 0.478 e. The van der Waals surface area contributed by atoms with Gasteiger partial charge in [0, 0.05) is 18.0 Å². The van der Waals surface area contributed by atoms with Gasteiger partial charge in [-0.1, -0.05) is 36.4 Å². The maximum Gasteiger partial charge on any atom is 0.336 e. The van der Waals surface area contributed by atoms with Crippen molar-refractivity contribution in [1.82, 2.24) is 19.5 Å². The molecule has 25 heavy (non-hydrogen) atoms. The lowest BCUT2D eigenvalue weighted by molar-refractivity contribution is 0.0697. The van der Waals surface area contributed by atoms with Crippen LogP contribution in [0.15, 0.2) is 61.2 Å². The number of imidazole rings is 1. The zero-order valence-corrected chi connectivity index (χ0v) is 13.4. The van der Waals surface area contributed by atoms with Crippen molar-refractivity contribution in [2.24, 2.45) is 0 Å². The average molecular weight is 330 g/mol. The Hall–Kier alpha value is -3.54. The maximum absolute atomic E-state index is 11.8. The maximum atomic E-state index is 11.8. The summed E-state index contributed by atoms with van der Waals surface area (Å²) in [5.74, 6) is -0.946. The first-order valence-corrected chi connectivity index (χ1v) is 7.73. The second-order valence-corrected chi connectivity index (χ2v) is 5.64. The van der Waals surface area contributed by atoms with E-state index in [-0.39, 0.29) is 0 Å². The molecule has 0 aliphatic rings. The van der Waals surface area contributed by atoms with Crippen LogP contribution < -0.4 is 0 Å². The van der Waals surface area contributed by atoms with Gasteiger partial charge in [0.15, 0.2) is 11.3 Å². The summed E-state index contributed by atoms with van der Waals surface area (Å²) in [5, 5.41) is 9.66. The molecule has 0 spiro atoms. The normalized spacial score (nSPS) is 10.9. The van der Waals surface area contributed by atoms with E-state index >= 15 is 0 Å². The first-order valence-electron chi connectivity index (χ1n) is 7.73. The van der Waals surface area contributed by atoms with Gasteiger partial charge in [0.2, 0.25) is 0 Å². The van der Waals surface area contributed by atoms with Crippen molar-refractivity contribution in [3.05, 3.63) is 72.3 Å². The van der Waals surface area contributed by atoms with Crippen molar-refractivity contribution in [3.63, 3.8) is 0 Å². The SMILES string of the molecule is Cc1cccc(-c2ccccc2-n2cnc3nccnc32)c1C(=O)O. The highest BCUT2D eigenvalue weighted by Crippen LogP contribution is 2.32. The number of hydrogen-bond acceptors (Lipinski definition) is 4. The van der Waals surface area contributed by atoms with E-state index in [9.17, 15) is 9.90 Å². The number of nitrogens with zero attached hydrogens (tertiary/aromatic N) is 4. The minimum absolute atomic E-state index is 0.297. The smallest absolute Gasteiger partial charge is 0.336 e. The van der Waals surface area contributed by atoms with Crippen molar-refractivity contribution >= 4 is 17.3 Å². The molecule has 0 unspecified atom stereocenters. The van der Waals surface area contributed by atoms with Crippen molar-refractivity contribution in [2.75, 3.05) is 0 Å². The van der Waals surface area contributed by atoms with Crippen LogP contribution in [0.4, 0.5) is 0 Å². The molecule has 6 heteroatoms. The fourth-order valence-electron chi connectivity index (χ4n) is 3.02. The number of benzene rings is 2. The van der Waals surface area contributed by atoms with E-state index < -0.39 is 5.97 Å². The average Bonchev–Trinajstić information content (AvgIpc) is 3.05. The van der Waals surface area contributed by atoms with E-state index in [4.69, 9.17) is 0 Å². The number of carbonyl (C=O) groups is 1. The Kier molecular flexibility index (Phi) is 3.50. The molecule has 122 valence electrons. The molecule has 0 saturated heterocycles. The Labute approximate surface area is 143 Å². The van der Waals surface area contributed by atoms with Gasteiger partial charge < -0.3 is 5.11 Å². The topological polar surface area (TPSA) is 80.9 Å². The van der Waals surface area contributed by atoms with E-state index in [0.717, 1.165) is 16.8 Å². The summed E-state index contributed by atoms with van der Waals surface area (Å²) in [5.41, 5.74) is 4.45. The first kappa shape index (κ1) is 15.0. The highest BCUT2D eigenvalue weighted by Gasteiger charge is 2.18. The molecule has 0 bridgehead atoms. The lowest BCUT2D eigenvalue weighted by atomic mass is 9.95. The molecular formula is C19H14N4O2. The number of aromatic nitrogens is 4. The molecule has 2 aromatic carbocycles. The zero-order chi connectivity index (χ0) is 17.4. The van der Waals surface area contributed by atoms with Gasteiger partial charge in [-0.25, -0.2) is 19.7 Å². The van der Waals surface area contributed by atoms with Gasteiger partial charge in [-0.2, -0.15) is 0 Å². The number of fused-ring (bicyclic) bond motifs is 1. The minimum atomic E-state index is -0.946. The summed E-state index contributed by atoms with van der Waals surface area (Å²) in [6, 6.07) is 13.1. The highest BCUT2D eigenvalue weighted by atomic mass is 16.4. The Morgan fingerprint density at radius 2 is 1.72 bits per heavy atom. The summed E-state index contributed by atoms with van der Waals surface area (Å²) < 4.78 is 1.83. The number of para-hydroxylation sites is 1. The molecule has 1 N–H and O–H groups in total. The molecule has 4 rings (SSSR count). The van der Waals surface area contributed by atoms with Crippen LogP contribution in [0.5, 0.6) is 0 Å². The summed E-state index contributed by atoms with van der Waals surface area (Å²) in [6.07, 6.45) is 4.85. The Morgan fingerprint density at radius 3 is 2.56 bits per heavy atom. The number of aryl methyl sites for hydroxylation is 1. The fourth-order valence-corrected chi connectivity index (χ4v) is 3.02. The lowest BCUT2D eigenvalue weighted by Gasteiger charge is -2.14. The van der Waals surface area contributed by atoms with E-state index in [1.165, 1.54) is 0 Å². The molecule has 6 nitrogen and oxygen atoms in total. The molecule has 0 atom stereocenters. The second kappa shape index (κ2) is 5.83. The number of aromatic carboxylic acids is 1. The number of rotatable bonds is 3. The molecule has 2 heterocycles. The van der Waals surface area contributed by atoms with E-state index in [0.29, 0.717) is 22.4 Å². The Morgan fingerprint density at radius 1 is 0.960 bits per heavy atom. The summed E-state index contributed by atoms with van der Waals surface area (Å²) in [6.45, 7) is 1.80. The van der Waals surface area contributed by atoms with Crippen molar-refractivity contribution in [3.8, 4) is 16.8 Å². The van der Waals surface area contributed by atoms with Gasteiger partial charge in [-0.05, 0) is 24.1 Å². The molecule has 0 saturated carbocycles. The van der Waals surface area contributed by atoms with E-state index in [1.54, 1.807) is 31.7 Å². The van der Waals surface area contributed by atoms with Crippen LogP contribution in [-0.4, -0.2) is 30.6 Å². The summed E-state index contributed by atoms with van der Waals surface area (Å²) in [4.78, 5) is 24.6. The third kappa shape index (κ3) is 2.44. The van der Waals surface area contributed by atoms with Crippen LogP contribution in [0.2, 0.25) is 0 Å². The third-order valence-electron chi connectivity index (χ3n) is 4.12. The van der Waals surface area contributed by atoms with Crippen molar-refractivity contribution in [2.45, 2.75) is 6.92 Å². The van der Waals surface area contributed by atoms with Gasteiger partial charge in [0.25, 0.3) is 0 Å². The number of carboxylic acid groups (broad SMARTS) is 1. The molecule has 4 aromatic rings. The zero-order valence-electron chi connectivity index (χ0n) is 13.4. The summed E-state index contributed by atoms with van der Waals surface area (Å²) in [7, 11) is 0. The first-order chi connectivity index (χ1) is 12.2. The fraction of sp³-hybridized carbons (Fsp3) is 0.0526. The standard InChI is InChI=1S/C19H14N4O2/c1-12-5-4-7-14(16(12)19(24)25)13-6-2-3-8-15(13)23-11-22-17-18(23)21-10-9-20-17/h2-11H,1H3,(H,24,25). The Balaban J connectivity index is 2.01. The molecule has 0 aliphatic carbocycles. The molecule has 0 amide bonds. The molecule has 0 fully saturated rings. The lowest BCUT2D eigenvalue weighted by Crippen LogP contribution is -2.04. The van der Waals surface area contributed by atoms with Gasteiger partial charge in [0.05, 0.1) is 11.3 Å². The van der Waals surface area contributed by atoms with Gasteiger partial charge in [-0.15, -0.1) is 0 Å².